The van der Waals surface area contributed by atoms with Crippen LogP contribution in [-0.2, 0) is 0 Å². The van der Waals surface area contributed by atoms with Crippen molar-refractivity contribution in [2.45, 2.75) is 0 Å². The van der Waals surface area contributed by atoms with Crippen molar-refractivity contribution < 1.29 is 0 Å². The van der Waals surface area contributed by atoms with E-state index >= 15 is 0 Å². The summed E-state index contributed by atoms with van der Waals surface area (Å²) >= 11 is 0. The average molecular weight is 778 g/mol. The van der Waals surface area contributed by atoms with Crippen molar-refractivity contribution in [1.82, 2.24) is 14.5 Å². The summed E-state index contributed by atoms with van der Waals surface area (Å²) in [5.41, 5.74) is 17.6. The van der Waals surface area contributed by atoms with Gasteiger partial charge in [0.05, 0.1) is 16.6 Å². The van der Waals surface area contributed by atoms with Gasteiger partial charge in [-0.25, -0.2) is 9.97 Å². The van der Waals surface area contributed by atoms with E-state index in [1.807, 2.05) is 0 Å². The Labute approximate surface area is 355 Å². The summed E-state index contributed by atoms with van der Waals surface area (Å²) in [5.74, 6) is 0.681. The van der Waals surface area contributed by atoms with E-state index in [1.54, 1.807) is 0 Å². The molecule has 0 saturated carbocycles. The van der Waals surface area contributed by atoms with E-state index in [2.05, 4.69) is 241 Å². The van der Waals surface area contributed by atoms with E-state index < -0.39 is 0 Å². The Morgan fingerprint density at radius 1 is 0.279 bits per heavy atom. The summed E-state index contributed by atoms with van der Waals surface area (Å²) in [6.45, 7) is 0. The first-order valence-corrected chi connectivity index (χ1v) is 20.7. The number of para-hydroxylation sites is 2. The van der Waals surface area contributed by atoms with E-state index in [1.165, 1.54) is 27.8 Å². The summed E-state index contributed by atoms with van der Waals surface area (Å²) in [6, 6.07) is 84.1. The van der Waals surface area contributed by atoms with Crippen LogP contribution in [0.3, 0.4) is 0 Å². The Morgan fingerprint density at radius 2 is 0.656 bits per heavy atom. The summed E-state index contributed by atoms with van der Waals surface area (Å²) in [5, 5.41) is 2.14. The molecule has 0 radical (unpaired) electrons. The molecule has 0 amide bonds. The normalized spacial score (nSPS) is 11.3. The molecule has 11 rings (SSSR count). The van der Waals surface area contributed by atoms with Crippen LogP contribution in [0.25, 0.3) is 106 Å². The van der Waals surface area contributed by atoms with E-state index in [0.717, 1.165) is 72.3 Å². The van der Waals surface area contributed by atoms with Crippen molar-refractivity contribution in [3.05, 3.63) is 237 Å². The van der Waals surface area contributed by atoms with Gasteiger partial charge in [-0.1, -0.05) is 182 Å². The predicted molar refractivity (Wildman–Crippen MR) is 254 cm³/mol. The van der Waals surface area contributed by atoms with Gasteiger partial charge in [0.25, 0.3) is 0 Å². The number of rotatable bonds is 8. The lowest BCUT2D eigenvalue weighted by molar-refractivity contribution is 1.11. The molecular formula is C58H39N3. The van der Waals surface area contributed by atoms with Crippen molar-refractivity contribution in [3.8, 4) is 84.0 Å². The highest BCUT2D eigenvalue weighted by atomic mass is 15.1. The lowest BCUT2D eigenvalue weighted by Crippen LogP contribution is -1.99. The molecule has 3 nitrogen and oxygen atoms in total. The van der Waals surface area contributed by atoms with Crippen LogP contribution in [0.15, 0.2) is 237 Å². The van der Waals surface area contributed by atoms with Crippen molar-refractivity contribution in [3.63, 3.8) is 0 Å². The first-order valence-electron chi connectivity index (χ1n) is 20.7. The van der Waals surface area contributed by atoms with Crippen molar-refractivity contribution in [2.24, 2.45) is 0 Å². The maximum absolute atomic E-state index is 5.49. The highest BCUT2D eigenvalue weighted by Crippen LogP contribution is 2.40. The molecule has 61 heavy (non-hydrogen) atoms. The van der Waals surface area contributed by atoms with E-state index in [0.29, 0.717) is 5.82 Å². The van der Waals surface area contributed by atoms with Crippen LogP contribution in [0.2, 0.25) is 0 Å². The topological polar surface area (TPSA) is 30.7 Å². The molecule has 0 bridgehead atoms. The molecule has 9 aromatic carbocycles. The Morgan fingerprint density at radius 3 is 1.25 bits per heavy atom. The summed E-state index contributed by atoms with van der Waals surface area (Å²) in [4.78, 5) is 10.9. The fourth-order valence-electron chi connectivity index (χ4n) is 8.61. The molecule has 0 saturated heterocycles. The van der Waals surface area contributed by atoms with Gasteiger partial charge >= 0.3 is 0 Å². The van der Waals surface area contributed by atoms with Gasteiger partial charge in [-0.2, -0.15) is 0 Å². The largest absolute Gasteiger partial charge is 0.294 e. The number of hydrogen-bond donors (Lipinski definition) is 0. The summed E-state index contributed by atoms with van der Waals surface area (Å²) < 4.78 is 2.28. The fraction of sp³-hybridized carbons (Fsp3) is 0. The number of benzene rings is 9. The molecular weight excluding hydrogens is 739 g/mol. The number of nitrogens with zero attached hydrogens (tertiary/aromatic N) is 3. The molecule has 11 aromatic rings. The SMILES string of the molecule is c1ccc(-c2cc(-c3ccccc3)cc(-c3cccc(-c4cccc(-c5nc(-c6cccc(-c7ccccc7)c6)nc6c5c5ccccc5n6-c5ccccc5)c4)c3)c2)cc1. The van der Waals surface area contributed by atoms with Gasteiger partial charge < -0.3 is 0 Å². The Kier molecular flexibility index (Phi) is 9.18. The Hall–Kier alpha value is -8.14. The zero-order valence-electron chi connectivity index (χ0n) is 33.4. The molecule has 0 aliphatic rings. The van der Waals surface area contributed by atoms with Crippen LogP contribution in [0.5, 0.6) is 0 Å². The van der Waals surface area contributed by atoms with Crippen LogP contribution in [-0.4, -0.2) is 14.5 Å². The standard InChI is InChI=1S/C58H39N3/c1-5-18-40(19-6-1)43-24-17-29-48(36-43)57-59-56(55-53-32-13-14-33-54(53)61(58(55)60-57)52-30-11-4-12-31-52)47-28-16-26-45(35-47)44-25-15-27-46(34-44)51-38-49(41-20-7-2-8-21-41)37-50(39-51)42-22-9-3-10-23-42/h1-39H. The van der Waals surface area contributed by atoms with Gasteiger partial charge in [0.1, 0.15) is 5.65 Å². The van der Waals surface area contributed by atoms with E-state index in [-0.39, 0.29) is 0 Å². The van der Waals surface area contributed by atoms with Crippen molar-refractivity contribution >= 4 is 21.9 Å². The minimum atomic E-state index is 0.681. The maximum atomic E-state index is 5.49. The Bertz CT molecular complexity index is 3280. The zero-order valence-corrected chi connectivity index (χ0v) is 33.4. The number of aromatic nitrogens is 3. The van der Waals surface area contributed by atoms with Crippen molar-refractivity contribution in [1.29, 1.82) is 0 Å². The lowest BCUT2D eigenvalue weighted by Gasteiger charge is -2.13. The molecule has 0 spiro atoms. The highest BCUT2D eigenvalue weighted by Gasteiger charge is 2.21. The van der Waals surface area contributed by atoms with Crippen LogP contribution in [0.4, 0.5) is 0 Å². The van der Waals surface area contributed by atoms with Gasteiger partial charge in [0, 0.05) is 22.2 Å². The molecule has 0 unspecified atom stereocenters. The number of fused-ring (bicyclic) bond motifs is 3. The third-order valence-corrected chi connectivity index (χ3v) is 11.6. The monoisotopic (exact) mass is 777 g/mol. The third kappa shape index (κ3) is 6.88. The molecule has 2 aromatic heterocycles. The molecule has 0 atom stereocenters. The molecule has 286 valence electrons. The van der Waals surface area contributed by atoms with Gasteiger partial charge in [-0.05, 0) is 110 Å². The van der Waals surface area contributed by atoms with Gasteiger partial charge in [0.2, 0.25) is 0 Å². The molecule has 3 heteroatoms. The van der Waals surface area contributed by atoms with E-state index in [4.69, 9.17) is 9.97 Å². The minimum absolute atomic E-state index is 0.681. The molecule has 0 N–H and O–H groups in total. The first kappa shape index (κ1) is 36.0. The Balaban J connectivity index is 1.08. The minimum Gasteiger partial charge on any atom is -0.294 e. The van der Waals surface area contributed by atoms with Gasteiger partial charge in [-0.3, -0.25) is 4.57 Å². The predicted octanol–water partition coefficient (Wildman–Crippen LogP) is 15.2. The van der Waals surface area contributed by atoms with Crippen LogP contribution < -0.4 is 0 Å². The second-order valence-electron chi connectivity index (χ2n) is 15.4. The molecule has 0 aliphatic heterocycles. The van der Waals surface area contributed by atoms with Crippen LogP contribution in [0, 0.1) is 0 Å². The van der Waals surface area contributed by atoms with Crippen molar-refractivity contribution in [2.75, 3.05) is 0 Å². The second-order valence-corrected chi connectivity index (χ2v) is 15.4. The zero-order chi connectivity index (χ0) is 40.5. The van der Waals surface area contributed by atoms with Crippen LogP contribution >= 0.6 is 0 Å². The third-order valence-electron chi connectivity index (χ3n) is 11.6. The smallest absolute Gasteiger partial charge is 0.162 e. The number of hydrogen-bond acceptors (Lipinski definition) is 2. The molecule has 2 heterocycles. The average Bonchev–Trinajstić information content (AvgIpc) is 3.69. The fourth-order valence-corrected chi connectivity index (χ4v) is 8.61. The molecule has 0 fully saturated rings. The highest BCUT2D eigenvalue weighted by molar-refractivity contribution is 6.14. The quantitative estimate of drug-likeness (QED) is 0.154. The molecule has 0 aliphatic carbocycles. The second kappa shape index (κ2) is 15.6. The lowest BCUT2D eigenvalue weighted by atomic mass is 9.92. The van der Waals surface area contributed by atoms with Gasteiger partial charge in [0.15, 0.2) is 5.82 Å². The summed E-state index contributed by atoms with van der Waals surface area (Å²) in [7, 11) is 0. The summed E-state index contributed by atoms with van der Waals surface area (Å²) in [6.07, 6.45) is 0. The van der Waals surface area contributed by atoms with E-state index in [9.17, 15) is 0 Å². The maximum Gasteiger partial charge on any atom is 0.162 e. The first-order chi connectivity index (χ1) is 30.2. The van der Waals surface area contributed by atoms with Crippen LogP contribution in [0.1, 0.15) is 0 Å². The van der Waals surface area contributed by atoms with Gasteiger partial charge in [-0.15, -0.1) is 0 Å².